The van der Waals surface area contributed by atoms with E-state index in [0.29, 0.717) is 67.3 Å². The first kappa shape index (κ1) is 47.1. The van der Waals surface area contributed by atoms with E-state index in [2.05, 4.69) is 35.9 Å². The maximum atomic E-state index is 12.2. The van der Waals surface area contributed by atoms with Gasteiger partial charge < -0.3 is 16.2 Å². The Bertz CT molecular complexity index is 3200. The molecular weight excluding hydrogens is 926 g/mol. The molecule has 6 N–H and O–H groups in total. The second-order valence-electron chi connectivity index (χ2n) is 13.5. The van der Waals surface area contributed by atoms with Crippen LogP contribution in [0.4, 0.5) is 0 Å². The molecule has 1 amide bonds. The summed E-state index contributed by atoms with van der Waals surface area (Å²) in [4.78, 5) is 73.2. The Hall–Kier alpha value is -7.42. The third kappa shape index (κ3) is 13.1. The van der Waals surface area contributed by atoms with E-state index in [0.717, 1.165) is 11.1 Å². The van der Waals surface area contributed by atoms with Crippen LogP contribution in [-0.4, -0.2) is 66.1 Å². The molecule has 0 unspecified atom stereocenters. The summed E-state index contributed by atoms with van der Waals surface area (Å²) in [7, 11) is 0. The molecule has 4 heterocycles. The van der Waals surface area contributed by atoms with Gasteiger partial charge in [0.2, 0.25) is 5.91 Å². The van der Waals surface area contributed by atoms with Crippen LogP contribution in [0.1, 0.15) is 22.5 Å². The van der Waals surface area contributed by atoms with Crippen molar-refractivity contribution in [3.63, 3.8) is 0 Å². The Morgan fingerprint density at radius 1 is 0.585 bits per heavy atom. The summed E-state index contributed by atoms with van der Waals surface area (Å²) in [5.74, 6) is -1.19. The first-order valence-electron chi connectivity index (χ1n) is 18.9. The van der Waals surface area contributed by atoms with Gasteiger partial charge in [-0.25, -0.2) is 19.0 Å². The van der Waals surface area contributed by atoms with E-state index >= 15 is 0 Å². The molecule has 4 aromatic carbocycles. The third-order valence-corrected chi connectivity index (χ3v) is 10.4. The largest absolute Gasteiger partial charge is 0.481 e. The standard InChI is InChI=1S/C21H16Cl2N6O3.C14H11N5O4.C7H7Cl2N/c22-17-6-1-13(9-18(17)23)11-24-20(31)10-14-12-29(27-26-14)16-4-2-15(3-5-16)28-8-7-19(30)25-21(28)32;20-12-5-6-18(14(23)15-12)10-1-3-11(4-2-10)19-8-9(16-17-19)7-13(21)22;8-6-2-1-5(4-10)3-7(6)9/h1-9,12H,10-11H2,(H,24,31)(H,25,30,32);1-6,8H,7H2,(H,21,22)(H,15,20,23);1-3H,4,10H2. The van der Waals surface area contributed by atoms with Crippen LogP contribution >= 0.6 is 46.4 Å². The van der Waals surface area contributed by atoms with Crippen LogP contribution < -0.4 is 33.5 Å². The van der Waals surface area contributed by atoms with Crippen molar-refractivity contribution < 1.29 is 14.7 Å². The molecule has 0 aliphatic carbocycles. The summed E-state index contributed by atoms with van der Waals surface area (Å²) in [5.41, 5.74) is 8.56. The third-order valence-electron chi connectivity index (χ3n) is 8.88. The van der Waals surface area contributed by atoms with Gasteiger partial charge in [0.15, 0.2) is 0 Å². The van der Waals surface area contributed by atoms with E-state index in [1.165, 1.54) is 49.2 Å². The molecule has 8 rings (SSSR count). The molecule has 23 heteroatoms. The topological polar surface area (TPSA) is 264 Å². The van der Waals surface area contributed by atoms with Crippen LogP contribution in [0.3, 0.4) is 0 Å². The Balaban J connectivity index is 0.000000184. The first-order chi connectivity index (χ1) is 31.1. The van der Waals surface area contributed by atoms with Gasteiger partial charge in [-0.3, -0.25) is 38.3 Å². The number of halogens is 4. The molecule has 0 aliphatic rings. The number of carboxylic acids is 1. The normalized spacial score (nSPS) is 10.6. The minimum Gasteiger partial charge on any atom is -0.481 e. The summed E-state index contributed by atoms with van der Waals surface area (Å²) in [6, 6.07) is 26.7. The van der Waals surface area contributed by atoms with Gasteiger partial charge in [0.05, 0.1) is 79.5 Å². The number of nitrogens with two attached hydrogens (primary N) is 1. The summed E-state index contributed by atoms with van der Waals surface area (Å²) in [6.07, 6.45) is 5.82. The van der Waals surface area contributed by atoms with Gasteiger partial charge in [-0.1, -0.05) is 69.0 Å². The number of amides is 1. The number of hydrogen-bond acceptors (Lipinski definition) is 11. The van der Waals surface area contributed by atoms with Crippen LogP contribution in [0.25, 0.3) is 22.7 Å². The maximum Gasteiger partial charge on any atom is 0.332 e. The SMILES string of the molecule is NCc1ccc(Cl)c(Cl)c1.O=C(Cc1cn(-c2ccc(-n3ccc(=O)[nH]c3=O)cc2)nn1)NCc1ccc(Cl)c(Cl)c1.O=C(O)Cc1cn(-c2ccc(-n3ccc(=O)[nH]c3=O)cc2)nn1. The molecule has 19 nitrogen and oxygen atoms in total. The van der Waals surface area contributed by atoms with Crippen LogP contribution in [0.5, 0.6) is 0 Å². The van der Waals surface area contributed by atoms with Crippen molar-refractivity contribution in [2.75, 3.05) is 0 Å². The van der Waals surface area contributed by atoms with E-state index in [1.54, 1.807) is 85.1 Å². The van der Waals surface area contributed by atoms with Gasteiger partial charge in [-0.05, 0) is 83.9 Å². The summed E-state index contributed by atoms with van der Waals surface area (Å²) in [6.45, 7) is 0.812. The molecule has 0 radical (unpaired) electrons. The maximum absolute atomic E-state index is 12.2. The molecule has 8 aromatic rings. The van der Waals surface area contributed by atoms with Crippen molar-refractivity contribution in [2.45, 2.75) is 25.9 Å². The van der Waals surface area contributed by atoms with Gasteiger partial charge in [0.1, 0.15) is 0 Å². The second-order valence-corrected chi connectivity index (χ2v) is 15.2. The molecule has 0 atom stereocenters. The van der Waals surface area contributed by atoms with Crippen molar-refractivity contribution in [2.24, 2.45) is 5.73 Å². The molecule has 4 aromatic heterocycles. The summed E-state index contributed by atoms with van der Waals surface area (Å²) < 4.78 is 5.58. The lowest BCUT2D eigenvalue weighted by Gasteiger charge is -2.06. The molecule has 0 fully saturated rings. The van der Waals surface area contributed by atoms with Crippen LogP contribution in [-0.2, 0) is 35.5 Å². The minimum absolute atomic E-state index is 0.0617. The second kappa shape index (κ2) is 21.8. The van der Waals surface area contributed by atoms with Crippen molar-refractivity contribution >= 4 is 58.3 Å². The van der Waals surface area contributed by atoms with Gasteiger partial charge in [0, 0.05) is 37.6 Å². The molecule has 0 aliphatic heterocycles. The van der Waals surface area contributed by atoms with E-state index in [9.17, 15) is 28.8 Å². The number of carboxylic acid groups (broad SMARTS) is 1. The number of rotatable bonds is 11. The fourth-order valence-electron chi connectivity index (χ4n) is 5.68. The number of carbonyl (C=O) groups excluding carboxylic acids is 1. The highest BCUT2D eigenvalue weighted by Gasteiger charge is 2.11. The fourth-order valence-corrected chi connectivity index (χ4v) is 6.32. The molecule has 0 bridgehead atoms. The smallest absolute Gasteiger partial charge is 0.332 e. The highest BCUT2D eigenvalue weighted by atomic mass is 35.5. The Kier molecular flexibility index (Phi) is 15.8. The molecular formula is C42H34Cl4N12O7. The van der Waals surface area contributed by atoms with E-state index in [-0.39, 0.29) is 18.7 Å². The predicted octanol–water partition coefficient (Wildman–Crippen LogP) is 4.46. The Morgan fingerprint density at radius 3 is 1.45 bits per heavy atom. The lowest BCUT2D eigenvalue weighted by atomic mass is 10.2. The number of nitrogens with one attached hydrogen (secondary N) is 3. The number of benzene rings is 4. The first-order valence-corrected chi connectivity index (χ1v) is 20.4. The minimum atomic E-state index is -0.982. The van der Waals surface area contributed by atoms with Crippen molar-refractivity contribution in [1.82, 2.24) is 54.4 Å². The van der Waals surface area contributed by atoms with Crippen molar-refractivity contribution in [3.05, 3.63) is 206 Å². The predicted molar refractivity (Wildman–Crippen MR) is 243 cm³/mol. The number of aromatic amines is 2. The zero-order valence-corrected chi connectivity index (χ0v) is 36.5. The quantitative estimate of drug-likeness (QED) is 0.120. The van der Waals surface area contributed by atoms with E-state index in [1.807, 2.05) is 6.07 Å². The molecule has 332 valence electrons. The zero-order valence-electron chi connectivity index (χ0n) is 33.4. The lowest BCUT2D eigenvalue weighted by molar-refractivity contribution is -0.136. The number of aromatic nitrogens is 10. The van der Waals surface area contributed by atoms with Crippen LogP contribution in [0.2, 0.25) is 20.1 Å². The molecule has 65 heavy (non-hydrogen) atoms. The van der Waals surface area contributed by atoms with Gasteiger partial charge >= 0.3 is 17.3 Å². The number of nitrogens with zero attached hydrogens (tertiary/aromatic N) is 8. The van der Waals surface area contributed by atoms with Gasteiger partial charge in [-0.15, -0.1) is 10.2 Å². The average molecular weight is 961 g/mol. The van der Waals surface area contributed by atoms with Gasteiger partial charge in [-0.2, -0.15) is 0 Å². The fraction of sp³-hybridized carbons (Fsp3) is 0.0952. The molecule has 0 saturated carbocycles. The number of carbonyl (C=O) groups is 2. The molecule has 0 saturated heterocycles. The zero-order chi connectivity index (χ0) is 46.6. The van der Waals surface area contributed by atoms with Crippen molar-refractivity contribution in [1.29, 1.82) is 0 Å². The van der Waals surface area contributed by atoms with Crippen LogP contribution in [0.15, 0.2) is 141 Å². The average Bonchev–Trinajstić information content (AvgIpc) is 3.95. The monoisotopic (exact) mass is 958 g/mol. The Labute approximate surface area is 386 Å². The van der Waals surface area contributed by atoms with E-state index in [4.69, 9.17) is 57.2 Å². The number of H-pyrrole nitrogens is 2. The van der Waals surface area contributed by atoms with Gasteiger partial charge in [0.25, 0.3) is 11.1 Å². The number of aliphatic carboxylic acids is 1. The molecule has 0 spiro atoms. The summed E-state index contributed by atoms with van der Waals surface area (Å²) >= 11 is 23.2. The Morgan fingerprint density at radius 2 is 1.02 bits per heavy atom. The summed E-state index contributed by atoms with van der Waals surface area (Å²) in [5, 5.41) is 29.3. The van der Waals surface area contributed by atoms with Crippen LogP contribution in [0, 0.1) is 0 Å². The highest BCUT2D eigenvalue weighted by molar-refractivity contribution is 6.42. The van der Waals surface area contributed by atoms with Crippen molar-refractivity contribution in [3.8, 4) is 22.7 Å². The number of hydrogen-bond donors (Lipinski definition) is 5. The van der Waals surface area contributed by atoms with E-state index < -0.39 is 28.5 Å². The lowest BCUT2D eigenvalue weighted by Crippen LogP contribution is -2.27. The highest BCUT2D eigenvalue weighted by Crippen LogP contribution is 2.23.